The number of aliphatic hydroxyl groups excluding tert-OH is 1. The Hall–Kier alpha value is -1.29. The van der Waals surface area contributed by atoms with Gasteiger partial charge in [0, 0.05) is 6.61 Å². The summed E-state index contributed by atoms with van der Waals surface area (Å²) >= 11 is 0. The molecule has 0 atom stereocenters. The summed E-state index contributed by atoms with van der Waals surface area (Å²) in [6.45, 7) is 1.83. The van der Waals surface area contributed by atoms with E-state index >= 15 is 0 Å². The maximum atomic E-state index is 10.5. The molecule has 0 saturated carbocycles. The van der Waals surface area contributed by atoms with Crippen LogP contribution < -0.4 is 0 Å². The standard InChI is InChI=1S/C9H12O4/c1-6-7(3-2-4-10)5-8(13-6)9(11)12/h5,10H,2-4H2,1H3,(H,11,12). The van der Waals surface area contributed by atoms with E-state index in [1.807, 2.05) is 0 Å². The topological polar surface area (TPSA) is 70.7 Å². The van der Waals surface area contributed by atoms with Crippen molar-refractivity contribution in [3.63, 3.8) is 0 Å². The van der Waals surface area contributed by atoms with Gasteiger partial charge in [0.05, 0.1) is 0 Å². The lowest BCUT2D eigenvalue weighted by Crippen LogP contribution is -1.92. The molecule has 1 aromatic rings. The monoisotopic (exact) mass is 184 g/mol. The van der Waals surface area contributed by atoms with Crippen molar-refractivity contribution in [1.82, 2.24) is 0 Å². The molecule has 0 unspecified atom stereocenters. The van der Waals surface area contributed by atoms with Crippen LogP contribution in [0.5, 0.6) is 0 Å². The summed E-state index contributed by atoms with van der Waals surface area (Å²) in [6, 6.07) is 1.51. The molecule has 0 spiro atoms. The van der Waals surface area contributed by atoms with Gasteiger partial charge in [-0.2, -0.15) is 0 Å². The first-order valence-corrected chi connectivity index (χ1v) is 4.08. The molecular formula is C9H12O4. The van der Waals surface area contributed by atoms with Crippen LogP contribution in [-0.4, -0.2) is 22.8 Å². The largest absolute Gasteiger partial charge is 0.475 e. The predicted molar refractivity (Wildman–Crippen MR) is 45.8 cm³/mol. The Kier molecular flexibility index (Phi) is 3.08. The van der Waals surface area contributed by atoms with Crippen molar-refractivity contribution >= 4 is 5.97 Å². The summed E-state index contributed by atoms with van der Waals surface area (Å²) in [5.41, 5.74) is 0.853. The molecule has 2 N–H and O–H groups in total. The molecule has 0 aliphatic carbocycles. The Bertz CT molecular complexity index is 301. The second-order valence-corrected chi connectivity index (χ2v) is 2.82. The molecule has 0 radical (unpaired) electrons. The van der Waals surface area contributed by atoms with Crippen molar-refractivity contribution < 1.29 is 19.4 Å². The zero-order valence-electron chi connectivity index (χ0n) is 7.41. The summed E-state index contributed by atoms with van der Waals surface area (Å²) in [7, 11) is 0. The molecule has 0 aliphatic rings. The maximum absolute atomic E-state index is 10.5. The third-order valence-electron chi connectivity index (χ3n) is 1.84. The van der Waals surface area contributed by atoms with Gasteiger partial charge in [0.15, 0.2) is 0 Å². The Morgan fingerprint density at radius 3 is 2.77 bits per heavy atom. The predicted octanol–water partition coefficient (Wildman–Crippen LogP) is 1.21. The molecule has 0 aliphatic heterocycles. The van der Waals surface area contributed by atoms with Gasteiger partial charge in [-0.1, -0.05) is 0 Å². The number of aromatic carboxylic acids is 1. The molecule has 0 fully saturated rings. The minimum Gasteiger partial charge on any atom is -0.475 e. The first-order chi connectivity index (χ1) is 6.15. The lowest BCUT2D eigenvalue weighted by molar-refractivity contribution is 0.0661. The SMILES string of the molecule is Cc1oc(C(=O)O)cc1CCCO. The van der Waals surface area contributed by atoms with Crippen LogP contribution in [0.2, 0.25) is 0 Å². The Morgan fingerprint density at radius 1 is 1.62 bits per heavy atom. The summed E-state index contributed by atoms with van der Waals surface area (Å²) in [6.07, 6.45) is 1.28. The fourth-order valence-corrected chi connectivity index (χ4v) is 1.14. The van der Waals surface area contributed by atoms with Gasteiger partial charge in [-0.15, -0.1) is 0 Å². The molecule has 0 amide bonds. The third-order valence-corrected chi connectivity index (χ3v) is 1.84. The van der Waals surface area contributed by atoms with Crippen LogP contribution >= 0.6 is 0 Å². The first-order valence-electron chi connectivity index (χ1n) is 4.08. The second kappa shape index (κ2) is 4.09. The summed E-state index contributed by atoms with van der Waals surface area (Å²) in [5, 5.41) is 17.2. The molecule has 0 saturated heterocycles. The zero-order chi connectivity index (χ0) is 9.84. The van der Waals surface area contributed by atoms with Crippen LogP contribution in [0.1, 0.15) is 28.3 Å². The van der Waals surface area contributed by atoms with Crippen LogP contribution in [0, 0.1) is 6.92 Å². The molecule has 1 aromatic heterocycles. The Morgan fingerprint density at radius 2 is 2.31 bits per heavy atom. The zero-order valence-corrected chi connectivity index (χ0v) is 7.41. The number of hydrogen-bond donors (Lipinski definition) is 2. The van der Waals surface area contributed by atoms with Gasteiger partial charge < -0.3 is 14.6 Å². The fraction of sp³-hybridized carbons (Fsp3) is 0.444. The van der Waals surface area contributed by atoms with Gasteiger partial charge >= 0.3 is 5.97 Å². The number of aliphatic hydroxyl groups is 1. The van der Waals surface area contributed by atoms with Gasteiger partial charge in [0.25, 0.3) is 0 Å². The van der Waals surface area contributed by atoms with Crippen LogP contribution in [0.25, 0.3) is 0 Å². The van der Waals surface area contributed by atoms with Crippen LogP contribution in [0.3, 0.4) is 0 Å². The van der Waals surface area contributed by atoms with E-state index in [2.05, 4.69) is 0 Å². The second-order valence-electron chi connectivity index (χ2n) is 2.82. The lowest BCUT2D eigenvalue weighted by Gasteiger charge is -1.93. The van der Waals surface area contributed by atoms with Crippen molar-refractivity contribution in [2.45, 2.75) is 19.8 Å². The van der Waals surface area contributed by atoms with Crippen molar-refractivity contribution in [3.8, 4) is 0 Å². The van der Waals surface area contributed by atoms with Crippen molar-refractivity contribution in [3.05, 3.63) is 23.2 Å². The molecule has 4 nitrogen and oxygen atoms in total. The number of carboxylic acid groups (broad SMARTS) is 1. The number of rotatable bonds is 4. The average Bonchev–Trinajstić information content (AvgIpc) is 2.44. The number of furan rings is 1. The third kappa shape index (κ3) is 2.32. The summed E-state index contributed by atoms with van der Waals surface area (Å²) < 4.78 is 4.99. The molecule has 1 heterocycles. The fourth-order valence-electron chi connectivity index (χ4n) is 1.14. The van der Waals surface area contributed by atoms with Crippen LogP contribution in [0.15, 0.2) is 10.5 Å². The van der Waals surface area contributed by atoms with E-state index in [0.29, 0.717) is 18.6 Å². The van der Waals surface area contributed by atoms with Gasteiger partial charge in [0.1, 0.15) is 5.76 Å². The van der Waals surface area contributed by atoms with Gasteiger partial charge in [0.2, 0.25) is 5.76 Å². The average molecular weight is 184 g/mol. The van der Waals surface area contributed by atoms with E-state index in [9.17, 15) is 4.79 Å². The van der Waals surface area contributed by atoms with Crippen LogP contribution in [-0.2, 0) is 6.42 Å². The highest BCUT2D eigenvalue weighted by atomic mass is 16.4. The minimum absolute atomic E-state index is 0.0366. The highest BCUT2D eigenvalue weighted by Gasteiger charge is 2.12. The van der Waals surface area contributed by atoms with Crippen molar-refractivity contribution in [1.29, 1.82) is 0 Å². The summed E-state index contributed by atoms with van der Waals surface area (Å²) in [5.74, 6) is -0.477. The minimum atomic E-state index is -1.06. The molecular weight excluding hydrogens is 172 g/mol. The number of carboxylic acids is 1. The van der Waals surface area contributed by atoms with Crippen molar-refractivity contribution in [2.24, 2.45) is 0 Å². The van der Waals surface area contributed by atoms with Gasteiger partial charge in [-0.25, -0.2) is 4.79 Å². The smallest absolute Gasteiger partial charge is 0.371 e. The maximum Gasteiger partial charge on any atom is 0.371 e. The molecule has 0 bridgehead atoms. The van der Waals surface area contributed by atoms with Gasteiger partial charge in [-0.3, -0.25) is 0 Å². The quantitative estimate of drug-likeness (QED) is 0.737. The molecule has 0 aromatic carbocycles. The molecule has 1 rings (SSSR count). The molecule has 4 heteroatoms. The Labute approximate surface area is 75.8 Å². The van der Waals surface area contributed by atoms with E-state index < -0.39 is 5.97 Å². The van der Waals surface area contributed by atoms with Crippen LogP contribution in [0.4, 0.5) is 0 Å². The highest BCUT2D eigenvalue weighted by Crippen LogP contribution is 2.16. The number of hydrogen-bond acceptors (Lipinski definition) is 3. The van der Waals surface area contributed by atoms with Crippen molar-refractivity contribution in [2.75, 3.05) is 6.61 Å². The molecule has 72 valence electrons. The Balaban J connectivity index is 2.77. The van der Waals surface area contributed by atoms with E-state index in [1.54, 1.807) is 6.92 Å². The van der Waals surface area contributed by atoms with Gasteiger partial charge in [-0.05, 0) is 31.4 Å². The first kappa shape index (κ1) is 9.80. The number of aryl methyl sites for hydroxylation is 2. The van der Waals surface area contributed by atoms with E-state index in [1.165, 1.54) is 6.07 Å². The van der Waals surface area contributed by atoms with E-state index in [4.69, 9.17) is 14.6 Å². The summed E-state index contributed by atoms with van der Waals surface area (Å²) in [4.78, 5) is 10.5. The lowest BCUT2D eigenvalue weighted by atomic mass is 10.1. The van der Waals surface area contributed by atoms with E-state index in [-0.39, 0.29) is 12.4 Å². The highest BCUT2D eigenvalue weighted by molar-refractivity contribution is 5.84. The van der Waals surface area contributed by atoms with E-state index in [0.717, 1.165) is 5.56 Å². The normalized spacial score (nSPS) is 10.3. The molecule has 13 heavy (non-hydrogen) atoms. The number of carbonyl (C=O) groups is 1.